The van der Waals surface area contributed by atoms with Crippen molar-refractivity contribution in [1.82, 2.24) is 14.7 Å². The Labute approximate surface area is 243 Å². The second-order valence-electron chi connectivity index (χ2n) is 9.61. The number of aromatic nitrogens is 2. The van der Waals surface area contributed by atoms with E-state index in [1.165, 1.54) is 54.9 Å². The van der Waals surface area contributed by atoms with Crippen LogP contribution in [0.15, 0.2) is 69.2 Å². The average Bonchev–Trinajstić information content (AvgIpc) is 3.42. The van der Waals surface area contributed by atoms with Crippen LogP contribution in [0.5, 0.6) is 0 Å². The monoisotopic (exact) mass is 639 g/mol. The lowest BCUT2D eigenvalue weighted by Crippen LogP contribution is -2.46. The number of sulfonamides is 1. The fourth-order valence-electron chi connectivity index (χ4n) is 3.91. The van der Waals surface area contributed by atoms with Crippen LogP contribution in [0.25, 0.3) is 12.2 Å². The van der Waals surface area contributed by atoms with Gasteiger partial charge in [-0.25, -0.2) is 18.1 Å². The molecule has 1 aliphatic carbocycles. The minimum absolute atomic E-state index is 0.00652. The predicted molar refractivity (Wildman–Crippen MR) is 155 cm³/mol. The zero-order valence-corrected chi connectivity index (χ0v) is 24.4. The lowest BCUT2D eigenvalue weighted by atomic mass is 9.91. The number of H-pyrrole nitrogens is 1. The van der Waals surface area contributed by atoms with Crippen LogP contribution in [-0.2, 0) is 19.6 Å². The number of rotatable bonds is 10. The summed E-state index contributed by atoms with van der Waals surface area (Å²) in [7, 11) is -4.15. The van der Waals surface area contributed by atoms with Gasteiger partial charge in [0.25, 0.3) is 15.9 Å². The molecule has 212 valence electrons. The first-order chi connectivity index (χ1) is 19.4. The number of fused-ring (bicyclic) bond motifs is 1. The summed E-state index contributed by atoms with van der Waals surface area (Å²) >= 11 is 3.22. The van der Waals surface area contributed by atoms with Gasteiger partial charge in [0.2, 0.25) is 11.6 Å². The summed E-state index contributed by atoms with van der Waals surface area (Å²) in [5, 5.41) is 1.35. The maximum absolute atomic E-state index is 13.5. The van der Waals surface area contributed by atoms with Crippen molar-refractivity contribution in [3.8, 4) is 0 Å². The van der Waals surface area contributed by atoms with Crippen molar-refractivity contribution in [2.45, 2.75) is 37.2 Å². The van der Waals surface area contributed by atoms with Crippen LogP contribution < -0.4 is 21.2 Å². The Morgan fingerprint density at radius 3 is 2.27 bits per heavy atom. The van der Waals surface area contributed by atoms with Gasteiger partial charge in [-0.2, -0.15) is 0 Å². The quantitative estimate of drug-likeness (QED) is 0.167. The SMILES string of the molecule is CC(C)[C@H](N)C(=O)C(=O)C(N=C1C=c2[nH]cnc2=CC1)C(=O)c1ccc(C(=O)NS(=O)(=O)c2ccc(Br)cc2)cc1. The van der Waals surface area contributed by atoms with Gasteiger partial charge in [-0.3, -0.25) is 24.2 Å². The molecule has 2 aromatic carbocycles. The summed E-state index contributed by atoms with van der Waals surface area (Å²) in [5.74, 6) is -4.00. The minimum Gasteiger partial charge on any atom is -0.345 e. The van der Waals surface area contributed by atoms with Gasteiger partial charge >= 0.3 is 0 Å². The molecule has 11 nitrogen and oxygen atoms in total. The molecule has 0 fully saturated rings. The number of carbonyl (C=O) groups is 4. The van der Waals surface area contributed by atoms with Crippen LogP contribution in [0.3, 0.4) is 0 Å². The lowest BCUT2D eigenvalue weighted by molar-refractivity contribution is -0.138. The molecule has 0 radical (unpaired) electrons. The number of amides is 1. The maximum atomic E-state index is 13.5. The third kappa shape index (κ3) is 6.81. The number of halogens is 1. The van der Waals surface area contributed by atoms with Crippen molar-refractivity contribution >= 4 is 67.1 Å². The Morgan fingerprint density at radius 1 is 1.00 bits per heavy atom. The van der Waals surface area contributed by atoms with Crippen LogP contribution in [0, 0.1) is 5.92 Å². The molecule has 4 rings (SSSR count). The van der Waals surface area contributed by atoms with Gasteiger partial charge in [0.1, 0.15) is 0 Å². The van der Waals surface area contributed by atoms with E-state index in [2.05, 4.69) is 30.9 Å². The third-order valence-corrected chi connectivity index (χ3v) is 8.23. The first-order valence-electron chi connectivity index (χ1n) is 12.5. The molecule has 1 aromatic heterocycles. The van der Waals surface area contributed by atoms with Crippen molar-refractivity contribution in [2.75, 3.05) is 0 Å². The molecule has 0 saturated heterocycles. The van der Waals surface area contributed by atoms with Gasteiger partial charge in [-0.1, -0.05) is 48.0 Å². The van der Waals surface area contributed by atoms with Crippen LogP contribution in [-0.4, -0.2) is 59.4 Å². The van der Waals surface area contributed by atoms with Crippen LogP contribution in [0.4, 0.5) is 0 Å². The van der Waals surface area contributed by atoms with Crippen molar-refractivity contribution in [3.05, 3.63) is 81.2 Å². The van der Waals surface area contributed by atoms with E-state index in [0.717, 1.165) is 0 Å². The fourth-order valence-corrected chi connectivity index (χ4v) is 5.15. The summed E-state index contributed by atoms with van der Waals surface area (Å²) < 4.78 is 27.8. The van der Waals surface area contributed by atoms with Gasteiger partial charge in [0.05, 0.1) is 28.0 Å². The van der Waals surface area contributed by atoms with Crippen molar-refractivity contribution in [2.24, 2.45) is 16.6 Å². The molecule has 13 heteroatoms. The van der Waals surface area contributed by atoms with E-state index in [-0.39, 0.29) is 28.4 Å². The number of hydrogen-bond donors (Lipinski definition) is 3. The molecule has 0 spiro atoms. The number of nitrogens with zero attached hydrogens (tertiary/aromatic N) is 2. The van der Waals surface area contributed by atoms with Crippen LogP contribution >= 0.6 is 15.9 Å². The van der Waals surface area contributed by atoms with Crippen molar-refractivity contribution < 1.29 is 27.6 Å². The van der Waals surface area contributed by atoms with Gasteiger partial charge < -0.3 is 10.7 Å². The molecule has 1 amide bonds. The van der Waals surface area contributed by atoms with Crippen LogP contribution in [0.2, 0.25) is 0 Å². The summed E-state index contributed by atoms with van der Waals surface area (Å²) in [6.07, 6.45) is 5.20. The van der Waals surface area contributed by atoms with E-state index in [1.807, 2.05) is 4.72 Å². The molecule has 0 aliphatic heterocycles. The second-order valence-corrected chi connectivity index (χ2v) is 12.2. The summed E-state index contributed by atoms with van der Waals surface area (Å²) in [4.78, 5) is 63.5. The summed E-state index contributed by atoms with van der Waals surface area (Å²) in [6.45, 7) is 3.37. The number of benzene rings is 2. The topological polar surface area (TPSA) is 182 Å². The zero-order chi connectivity index (χ0) is 29.9. The zero-order valence-electron chi connectivity index (χ0n) is 22.0. The van der Waals surface area contributed by atoms with E-state index >= 15 is 0 Å². The highest BCUT2D eigenvalue weighted by molar-refractivity contribution is 9.10. The number of aliphatic imine (C=N–C) groups is 1. The molecule has 0 saturated carbocycles. The number of nitrogens with two attached hydrogens (primary N) is 1. The molecular weight excluding hydrogens is 614 g/mol. The number of carbonyl (C=O) groups excluding carboxylic acids is 4. The molecule has 2 atom stereocenters. The molecule has 4 N–H and O–H groups in total. The summed E-state index contributed by atoms with van der Waals surface area (Å²) in [5.41, 5.74) is 6.25. The summed E-state index contributed by atoms with van der Waals surface area (Å²) in [6, 6.07) is 7.92. The number of Topliss-reactive ketones (excluding diaryl/α,β-unsaturated/α-hetero) is 3. The number of ketones is 3. The second kappa shape index (κ2) is 12.2. The van der Waals surface area contributed by atoms with Crippen LogP contribution in [0.1, 0.15) is 41.0 Å². The van der Waals surface area contributed by atoms with E-state index in [9.17, 15) is 27.6 Å². The molecular formula is C28H26BrN5O6S. The Hall–Kier alpha value is -4.07. The molecule has 3 aromatic rings. The Balaban J connectivity index is 1.60. The van der Waals surface area contributed by atoms with E-state index in [1.54, 1.807) is 26.0 Å². The molecule has 1 heterocycles. The molecule has 0 bridgehead atoms. The average molecular weight is 641 g/mol. The highest BCUT2D eigenvalue weighted by Crippen LogP contribution is 2.17. The van der Waals surface area contributed by atoms with Crippen molar-refractivity contribution in [3.63, 3.8) is 0 Å². The minimum atomic E-state index is -4.15. The Morgan fingerprint density at radius 2 is 1.63 bits per heavy atom. The van der Waals surface area contributed by atoms with Crippen molar-refractivity contribution in [1.29, 1.82) is 0 Å². The largest absolute Gasteiger partial charge is 0.345 e. The van der Waals surface area contributed by atoms with E-state index in [4.69, 9.17) is 5.73 Å². The normalized spacial score (nSPS) is 15.3. The number of nitrogens with one attached hydrogen (secondary N) is 2. The van der Waals surface area contributed by atoms with Gasteiger partial charge in [-0.05, 0) is 48.4 Å². The van der Waals surface area contributed by atoms with Gasteiger partial charge in [0, 0.05) is 27.7 Å². The number of imidazole rings is 1. The standard InChI is InChI=1S/C28H26BrN5O6S/c1-15(2)23(30)26(36)27(37)24(33-19-9-12-21-22(13-19)32-14-31-21)25(35)16-3-5-17(6-4-16)28(38)34-41(39,40)20-10-7-18(29)8-11-20/h3-8,10-15,23-24H,9,30H2,1-2H3,(H,31,32)(H,34,38)/t23-,24?/m0/s1. The third-order valence-electron chi connectivity index (χ3n) is 6.35. The fraction of sp³-hybridized carbons (Fsp3) is 0.214. The molecule has 1 aliphatic rings. The first kappa shape index (κ1) is 29.9. The van der Waals surface area contributed by atoms with E-state index in [0.29, 0.717) is 20.9 Å². The first-order valence-corrected chi connectivity index (χ1v) is 14.7. The maximum Gasteiger partial charge on any atom is 0.264 e. The van der Waals surface area contributed by atoms with Gasteiger partial charge in [0.15, 0.2) is 11.8 Å². The van der Waals surface area contributed by atoms with Gasteiger partial charge in [-0.15, -0.1) is 0 Å². The molecule has 41 heavy (non-hydrogen) atoms. The lowest BCUT2D eigenvalue weighted by Gasteiger charge is -2.17. The smallest absolute Gasteiger partial charge is 0.264 e. The number of hydrogen-bond acceptors (Lipinski definition) is 9. The van der Waals surface area contributed by atoms with E-state index < -0.39 is 45.4 Å². The molecule has 1 unspecified atom stereocenters. The Bertz CT molecular complexity index is 1780. The highest BCUT2D eigenvalue weighted by Gasteiger charge is 2.36. The number of aromatic amines is 1. The highest BCUT2D eigenvalue weighted by atomic mass is 79.9. The Kier molecular flexibility index (Phi) is 8.90. The predicted octanol–water partition coefficient (Wildman–Crippen LogP) is 1.07.